The molecular formula is C28H43NO10. The molecule has 0 aliphatic rings. The van der Waals surface area contributed by atoms with Crippen LogP contribution in [-0.2, 0) is 35.0 Å². The zero-order valence-electron chi connectivity index (χ0n) is 23.6. The molecule has 0 aliphatic carbocycles. The van der Waals surface area contributed by atoms with Crippen LogP contribution in [-0.4, -0.2) is 63.8 Å². The van der Waals surface area contributed by atoms with Gasteiger partial charge in [0.1, 0.15) is 12.6 Å². The van der Waals surface area contributed by atoms with E-state index in [-0.39, 0.29) is 50.3 Å². The molecule has 0 spiro atoms. The van der Waals surface area contributed by atoms with Crippen LogP contribution in [0.4, 0.5) is 9.59 Å². The molecule has 39 heavy (non-hydrogen) atoms. The molecule has 1 aromatic carbocycles. The molecule has 220 valence electrons. The number of ether oxygens (including phenoxy) is 6. The summed E-state index contributed by atoms with van der Waals surface area (Å²) in [5.74, 6) is -0.925. The molecule has 11 heteroatoms. The Morgan fingerprint density at radius 1 is 0.769 bits per heavy atom. The number of carbonyl (C=O) groups excluding carboxylic acids is 4. The maximum Gasteiger partial charge on any atom is 0.513 e. The second-order valence-corrected chi connectivity index (χ2v) is 8.80. The molecule has 0 unspecified atom stereocenters. The maximum atomic E-state index is 12.4. The van der Waals surface area contributed by atoms with Crippen LogP contribution in [0.1, 0.15) is 77.7 Å². The number of rotatable bonds is 19. The van der Waals surface area contributed by atoms with Gasteiger partial charge >= 0.3 is 24.2 Å². The molecule has 0 fully saturated rings. The summed E-state index contributed by atoms with van der Waals surface area (Å²) in [5.41, 5.74) is 0.582. The smallest absolute Gasteiger partial charge is 0.468 e. The number of carbonyl (C=O) groups is 4. The second-order valence-electron chi connectivity index (χ2n) is 8.80. The Hall–Kier alpha value is -3.34. The van der Waals surface area contributed by atoms with Crippen LogP contribution >= 0.6 is 0 Å². The Labute approximate surface area is 230 Å². The van der Waals surface area contributed by atoms with E-state index in [2.05, 4.69) is 5.32 Å². The lowest BCUT2D eigenvalue weighted by Crippen LogP contribution is -2.41. The molecule has 0 heterocycles. The van der Waals surface area contributed by atoms with Crippen molar-refractivity contribution in [1.29, 1.82) is 0 Å². The van der Waals surface area contributed by atoms with Gasteiger partial charge in [0.25, 0.3) is 0 Å². The Morgan fingerprint density at radius 2 is 1.38 bits per heavy atom. The molecule has 1 rings (SSSR count). The van der Waals surface area contributed by atoms with Crippen molar-refractivity contribution >= 4 is 24.2 Å². The minimum absolute atomic E-state index is 0.0323. The van der Waals surface area contributed by atoms with Crippen LogP contribution in [0.5, 0.6) is 11.5 Å². The minimum atomic E-state index is -0.944. The van der Waals surface area contributed by atoms with E-state index in [1.165, 1.54) is 19.2 Å². The average molecular weight is 554 g/mol. The third-order valence-electron chi connectivity index (χ3n) is 5.47. The van der Waals surface area contributed by atoms with E-state index in [0.717, 1.165) is 25.7 Å². The number of hydrogen-bond acceptors (Lipinski definition) is 11. The fourth-order valence-corrected chi connectivity index (χ4v) is 3.39. The summed E-state index contributed by atoms with van der Waals surface area (Å²) < 4.78 is 30.8. The minimum Gasteiger partial charge on any atom is -0.468 e. The monoisotopic (exact) mass is 553 g/mol. The van der Waals surface area contributed by atoms with E-state index in [0.29, 0.717) is 31.2 Å². The van der Waals surface area contributed by atoms with E-state index in [9.17, 15) is 19.2 Å². The second kappa shape index (κ2) is 20.6. The number of hydrogen-bond donors (Lipinski definition) is 1. The highest BCUT2D eigenvalue weighted by molar-refractivity contribution is 5.76. The number of unbranched alkanes of at least 4 members (excludes halogenated alkanes) is 4. The van der Waals surface area contributed by atoms with Crippen LogP contribution in [0, 0.1) is 0 Å². The van der Waals surface area contributed by atoms with Gasteiger partial charge in [-0.2, -0.15) is 0 Å². The normalized spacial score (nSPS) is 11.3. The third-order valence-corrected chi connectivity index (χ3v) is 5.47. The first-order chi connectivity index (χ1) is 18.8. The number of benzene rings is 1. The van der Waals surface area contributed by atoms with Crippen LogP contribution in [0.3, 0.4) is 0 Å². The van der Waals surface area contributed by atoms with Crippen molar-refractivity contribution in [3.05, 3.63) is 23.8 Å². The van der Waals surface area contributed by atoms with Crippen molar-refractivity contribution in [2.45, 2.75) is 84.6 Å². The van der Waals surface area contributed by atoms with Gasteiger partial charge in [0.05, 0.1) is 20.3 Å². The molecule has 0 radical (unpaired) electrons. The van der Waals surface area contributed by atoms with Crippen LogP contribution in [0.15, 0.2) is 18.2 Å². The largest absolute Gasteiger partial charge is 0.513 e. The molecule has 0 saturated carbocycles. The Morgan fingerprint density at radius 3 is 1.95 bits per heavy atom. The lowest BCUT2D eigenvalue weighted by Gasteiger charge is -2.18. The molecule has 0 saturated heterocycles. The average Bonchev–Trinajstić information content (AvgIpc) is 2.92. The summed E-state index contributed by atoms with van der Waals surface area (Å²) in [6, 6.07) is 3.77. The fourth-order valence-electron chi connectivity index (χ4n) is 3.39. The SMILES string of the molecule is CCCCCOC(=O)Oc1ccc(C[C@H](NCCOC(=O)CCC)C(=O)OC)cc1OC(=O)OCCCCC. The highest BCUT2D eigenvalue weighted by Crippen LogP contribution is 2.30. The van der Waals surface area contributed by atoms with E-state index >= 15 is 0 Å². The fraction of sp³-hybridized carbons (Fsp3) is 0.643. The topological polar surface area (TPSA) is 136 Å². The summed E-state index contributed by atoms with van der Waals surface area (Å²) in [4.78, 5) is 48.3. The van der Waals surface area contributed by atoms with Crippen molar-refractivity contribution in [2.75, 3.05) is 33.5 Å². The van der Waals surface area contributed by atoms with E-state index < -0.39 is 24.3 Å². The van der Waals surface area contributed by atoms with E-state index in [1.807, 2.05) is 20.8 Å². The molecule has 0 aromatic heterocycles. The van der Waals surface area contributed by atoms with Gasteiger partial charge in [-0.1, -0.05) is 52.5 Å². The summed E-state index contributed by atoms with van der Waals surface area (Å²) in [7, 11) is 1.27. The Bertz CT molecular complexity index is 889. The number of methoxy groups -OCH3 is 1. The van der Waals surface area contributed by atoms with Crippen molar-refractivity contribution in [3.8, 4) is 11.5 Å². The van der Waals surface area contributed by atoms with E-state index in [4.69, 9.17) is 28.4 Å². The van der Waals surface area contributed by atoms with Gasteiger partial charge in [0.2, 0.25) is 0 Å². The molecule has 0 bridgehead atoms. The van der Waals surface area contributed by atoms with Gasteiger partial charge in [-0.15, -0.1) is 0 Å². The molecular weight excluding hydrogens is 510 g/mol. The van der Waals surface area contributed by atoms with Gasteiger partial charge < -0.3 is 33.7 Å². The standard InChI is InChI=1S/C28H43NO10/c1-5-8-10-16-36-27(32)38-23-14-13-21(20-24(23)39-28(33)37-17-11-9-6-2)19-22(26(31)34-4)29-15-18-35-25(30)12-7-3/h13-14,20,22,29H,5-12,15-19H2,1-4H3/t22-/m0/s1. The predicted octanol–water partition coefficient (Wildman–Crippen LogP) is 5.11. The molecule has 0 aliphatic heterocycles. The third kappa shape index (κ3) is 15.0. The lowest BCUT2D eigenvalue weighted by atomic mass is 10.1. The first-order valence-corrected chi connectivity index (χ1v) is 13.6. The zero-order valence-corrected chi connectivity index (χ0v) is 23.6. The molecule has 1 N–H and O–H groups in total. The van der Waals surface area contributed by atoms with E-state index in [1.54, 1.807) is 6.07 Å². The summed E-state index contributed by atoms with van der Waals surface area (Å²) in [6.07, 6.45) is 4.45. The Kier molecular flexibility index (Phi) is 17.8. The first kappa shape index (κ1) is 33.7. The highest BCUT2D eigenvalue weighted by atomic mass is 16.7. The molecule has 1 aromatic rings. The van der Waals surface area contributed by atoms with Gasteiger partial charge in [0, 0.05) is 13.0 Å². The van der Waals surface area contributed by atoms with Crippen molar-refractivity contribution in [2.24, 2.45) is 0 Å². The highest BCUT2D eigenvalue weighted by Gasteiger charge is 2.22. The molecule has 1 atom stereocenters. The predicted molar refractivity (Wildman–Crippen MR) is 143 cm³/mol. The Balaban J connectivity index is 2.95. The molecule has 0 amide bonds. The van der Waals surface area contributed by atoms with Gasteiger partial charge in [-0.05, 0) is 43.4 Å². The maximum absolute atomic E-state index is 12.4. The molecule has 11 nitrogen and oxygen atoms in total. The van der Waals surface area contributed by atoms with Crippen molar-refractivity contribution < 1.29 is 47.6 Å². The number of esters is 2. The lowest BCUT2D eigenvalue weighted by molar-refractivity contribution is -0.144. The quantitative estimate of drug-likeness (QED) is 0.106. The summed E-state index contributed by atoms with van der Waals surface area (Å²) in [5, 5.41) is 3.01. The van der Waals surface area contributed by atoms with Crippen LogP contribution < -0.4 is 14.8 Å². The summed E-state index contributed by atoms with van der Waals surface area (Å²) in [6.45, 7) is 6.67. The first-order valence-electron chi connectivity index (χ1n) is 13.6. The van der Waals surface area contributed by atoms with Crippen molar-refractivity contribution in [1.82, 2.24) is 5.32 Å². The zero-order chi connectivity index (χ0) is 28.9. The number of nitrogens with one attached hydrogen (secondary N) is 1. The van der Waals surface area contributed by atoms with Gasteiger partial charge in [-0.3, -0.25) is 9.59 Å². The van der Waals surface area contributed by atoms with Gasteiger partial charge in [0.15, 0.2) is 11.5 Å². The van der Waals surface area contributed by atoms with Crippen molar-refractivity contribution in [3.63, 3.8) is 0 Å². The van der Waals surface area contributed by atoms with Gasteiger partial charge in [-0.25, -0.2) is 9.59 Å². The van der Waals surface area contributed by atoms with Crippen LogP contribution in [0.2, 0.25) is 0 Å². The summed E-state index contributed by atoms with van der Waals surface area (Å²) >= 11 is 0. The van der Waals surface area contributed by atoms with Crippen LogP contribution in [0.25, 0.3) is 0 Å².